The number of aromatic nitrogens is 1. The van der Waals surface area contributed by atoms with Crippen LogP contribution in [-0.4, -0.2) is 11.6 Å². The van der Waals surface area contributed by atoms with Gasteiger partial charge in [-0.1, -0.05) is 11.6 Å². The average molecular weight is 170 g/mol. The second-order valence-electron chi connectivity index (χ2n) is 2.64. The molecule has 1 aliphatic rings. The lowest BCUT2D eigenvalue weighted by molar-refractivity contribution is 0.345. The van der Waals surface area contributed by atoms with Crippen LogP contribution in [0.1, 0.15) is 11.1 Å². The van der Waals surface area contributed by atoms with E-state index in [0.717, 1.165) is 18.9 Å². The summed E-state index contributed by atoms with van der Waals surface area (Å²) in [5.41, 5.74) is 2.38. The molecule has 58 valence electrons. The quantitative estimate of drug-likeness (QED) is 0.554. The molecule has 1 aliphatic heterocycles. The van der Waals surface area contributed by atoms with Gasteiger partial charge in [-0.2, -0.15) is 0 Å². The van der Waals surface area contributed by atoms with Gasteiger partial charge < -0.3 is 4.74 Å². The summed E-state index contributed by atoms with van der Waals surface area (Å²) >= 11 is 5.74. The van der Waals surface area contributed by atoms with Gasteiger partial charge in [-0.15, -0.1) is 0 Å². The predicted octanol–water partition coefficient (Wildman–Crippen LogP) is 1.98. The highest BCUT2D eigenvalue weighted by Crippen LogP contribution is 2.27. The van der Waals surface area contributed by atoms with Crippen LogP contribution >= 0.6 is 11.6 Å². The lowest BCUT2D eigenvalue weighted by Gasteiger charge is -2.00. The minimum absolute atomic E-state index is 0.517. The van der Waals surface area contributed by atoms with Crippen LogP contribution in [0.4, 0.5) is 0 Å². The highest BCUT2D eigenvalue weighted by atomic mass is 35.5. The molecule has 0 N–H and O–H groups in total. The number of aryl methyl sites for hydroxylation is 1. The van der Waals surface area contributed by atoms with Gasteiger partial charge in [0, 0.05) is 12.0 Å². The molecule has 0 saturated carbocycles. The highest BCUT2D eigenvalue weighted by Gasteiger charge is 2.16. The van der Waals surface area contributed by atoms with Crippen molar-refractivity contribution in [2.24, 2.45) is 0 Å². The third-order valence-corrected chi connectivity index (χ3v) is 2.06. The predicted molar refractivity (Wildman–Crippen MR) is 43.2 cm³/mol. The largest absolute Gasteiger partial charge is 0.477 e. The Bertz CT molecular complexity index is 298. The van der Waals surface area contributed by atoms with E-state index < -0.39 is 0 Å². The first-order valence-electron chi connectivity index (χ1n) is 3.56. The summed E-state index contributed by atoms with van der Waals surface area (Å²) in [5.74, 6) is 0.718. The van der Waals surface area contributed by atoms with Gasteiger partial charge in [0.15, 0.2) is 0 Å². The number of halogens is 1. The molecule has 11 heavy (non-hydrogen) atoms. The van der Waals surface area contributed by atoms with Gasteiger partial charge in [0.25, 0.3) is 0 Å². The van der Waals surface area contributed by atoms with Crippen molar-refractivity contribution >= 4 is 11.6 Å². The summed E-state index contributed by atoms with van der Waals surface area (Å²) in [7, 11) is 0. The third kappa shape index (κ3) is 1.07. The van der Waals surface area contributed by atoms with E-state index in [0.29, 0.717) is 5.15 Å². The monoisotopic (exact) mass is 169 g/mol. The van der Waals surface area contributed by atoms with Crippen LogP contribution < -0.4 is 4.74 Å². The van der Waals surface area contributed by atoms with Gasteiger partial charge in [0.2, 0.25) is 5.88 Å². The van der Waals surface area contributed by atoms with Crippen LogP contribution in [0.15, 0.2) is 6.07 Å². The topological polar surface area (TPSA) is 22.1 Å². The molecule has 2 nitrogen and oxygen atoms in total. The molecule has 0 spiro atoms. The van der Waals surface area contributed by atoms with E-state index in [9.17, 15) is 0 Å². The Morgan fingerprint density at radius 2 is 2.45 bits per heavy atom. The van der Waals surface area contributed by atoms with Crippen LogP contribution in [0, 0.1) is 6.92 Å². The molecule has 0 fully saturated rings. The SMILES string of the molecule is Cc1cc(Cl)nc2c1CCO2. The first-order valence-corrected chi connectivity index (χ1v) is 3.94. The molecule has 0 unspecified atom stereocenters. The van der Waals surface area contributed by atoms with Crippen molar-refractivity contribution in [3.63, 3.8) is 0 Å². The molecule has 0 amide bonds. The molecular formula is C8H8ClNO. The normalized spacial score (nSPS) is 14.4. The van der Waals surface area contributed by atoms with E-state index in [-0.39, 0.29) is 0 Å². The van der Waals surface area contributed by atoms with Crippen LogP contribution in [-0.2, 0) is 6.42 Å². The number of fused-ring (bicyclic) bond motifs is 1. The highest BCUT2D eigenvalue weighted by molar-refractivity contribution is 6.29. The Morgan fingerprint density at radius 3 is 3.27 bits per heavy atom. The second kappa shape index (κ2) is 2.38. The van der Waals surface area contributed by atoms with E-state index >= 15 is 0 Å². The zero-order chi connectivity index (χ0) is 7.84. The van der Waals surface area contributed by atoms with E-state index in [4.69, 9.17) is 16.3 Å². The van der Waals surface area contributed by atoms with E-state index in [2.05, 4.69) is 4.98 Å². The number of rotatable bonds is 0. The Hall–Kier alpha value is -0.760. The van der Waals surface area contributed by atoms with Crippen molar-refractivity contribution in [2.75, 3.05) is 6.61 Å². The van der Waals surface area contributed by atoms with Crippen molar-refractivity contribution in [3.8, 4) is 5.88 Å². The van der Waals surface area contributed by atoms with Gasteiger partial charge >= 0.3 is 0 Å². The van der Waals surface area contributed by atoms with E-state index in [1.165, 1.54) is 11.1 Å². The number of ether oxygens (including phenoxy) is 1. The molecule has 2 heterocycles. The molecule has 1 aromatic rings. The molecule has 2 rings (SSSR count). The van der Waals surface area contributed by atoms with Crippen LogP contribution in [0.25, 0.3) is 0 Å². The lowest BCUT2D eigenvalue weighted by Crippen LogP contribution is -1.88. The maximum Gasteiger partial charge on any atom is 0.218 e. The van der Waals surface area contributed by atoms with Crippen LogP contribution in [0.3, 0.4) is 0 Å². The first kappa shape index (κ1) is 6.92. The summed E-state index contributed by atoms with van der Waals surface area (Å²) in [5, 5.41) is 0.517. The zero-order valence-electron chi connectivity index (χ0n) is 6.22. The van der Waals surface area contributed by atoms with Crippen molar-refractivity contribution in [3.05, 3.63) is 22.3 Å². The summed E-state index contributed by atoms with van der Waals surface area (Å²) < 4.78 is 5.26. The van der Waals surface area contributed by atoms with Gasteiger partial charge in [-0.3, -0.25) is 0 Å². The first-order chi connectivity index (χ1) is 5.27. The fourth-order valence-electron chi connectivity index (χ4n) is 1.30. The summed E-state index contributed by atoms with van der Waals surface area (Å²) in [6.45, 7) is 2.77. The van der Waals surface area contributed by atoms with Crippen LogP contribution in [0.5, 0.6) is 5.88 Å². The van der Waals surface area contributed by atoms with E-state index in [1.54, 1.807) is 0 Å². The third-order valence-electron chi connectivity index (χ3n) is 1.87. The fourth-order valence-corrected chi connectivity index (χ4v) is 1.54. The second-order valence-corrected chi connectivity index (χ2v) is 3.03. The maximum atomic E-state index is 5.74. The minimum atomic E-state index is 0.517. The Labute approximate surface area is 70.2 Å². The number of nitrogens with zero attached hydrogens (tertiary/aromatic N) is 1. The molecule has 0 aliphatic carbocycles. The summed E-state index contributed by atoms with van der Waals surface area (Å²) in [4.78, 5) is 4.06. The maximum absolute atomic E-state index is 5.74. The minimum Gasteiger partial charge on any atom is -0.477 e. The molecular weight excluding hydrogens is 162 g/mol. The zero-order valence-corrected chi connectivity index (χ0v) is 6.98. The molecule has 1 aromatic heterocycles. The van der Waals surface area contributed by atoms with Gasteiger partial charge in [0.05, 0.1) is 6.61 Å². The Balaban J connectivity index is 2.60. The number of pyridine rings is 1. The van der Waals surface area contributed by atoms with E-state index in [1.807, 2.05) is 13.0 Å². The van der Waals surface area contributed by atoms with Crippen LogP contribution in [0.2, 0.25) is 5.15 Å². The molecule has 0 bridgehead atoms. The Morgan fingerprint density at radius 1 is 1.64 bits per heavy atom. The summed E-state index contributed by atoms with van der Waals surface area (Å²) in [6, 6.07) is 1.87. The fraction of sp³-hybridized carbons (Fsp3) is 0.375. The van der Waals surface area contributed by atoms with Gasteiger partial charge in [-0.05, 0) is 18.6 Å². The smallest absolute Gasteiger partial charge is 0.218 e. The van der Waals surface area contributed by atoms with Crippen molar-refractivity contribution in [2.45, 2.75) is 13.3 Å². The van der Waals surface area contributed by atoms with Gasteiger partial charge in [0.1, 0.15) is 5.15 Å². The number of hydrogen-bond acceptors (Lipinski definition) is 2. The average Bonchev–Trinajstić information content (AvgIpc) is 2.34. The molecule has 0 atom stereocenters. The molecule has 3 heteroatoms. The molecule has 0 aromatic carbocycles. The molecule has 0 radical (unpaired) electrons. The Kier molecular flexibility index (Phi) is 1.50. The van der Waals surface area contributed by atoms with Crippen molar-refractivity contribution < 1.29 is 4.74 Å². The number of hydrogen-bond donors (Lipinski definition) is 0. The van der Waals surface area contributed by atoms with Gasteiger partial charge in [-0.25, -0.2) is 4.98 Å². The van der Waals surface area contributed by atoms with Crippen molar-refractivity contribution in [1.82, 2.24) is 4.98 Å². The summed E-state index contributed by atoms with van der Waals surface area (Å²) in [6.07, 6.45) is 0.964. The standard InChI is InChI=1S/C8H8ClNO/c1-5-4-7(9)10-8-6(5)2-3-11-8/h4H,2-3H2,1H3. The lowest BCUT2D eigenvalue weighted by atomic mass is 10.1. The molecule has 0 saturated heterocycles. The van der Waals surface area contributed by atoms with Crippen molar-refractivity contribution in [1.29, 1.82) is 0 Å².